The lowest BCUT2D eigenvalue weighted by Gasteiger charge is -1.89. The van der Waals surface area contributed by atoms with Gasteiger partial charge < -0.3 is 4.52 Å². The molecule has 0 saturated heterocycles. The van der Waals surface area contributed by atoms with E-state index in [0.29, 0.717) is 0 Å². The van der Waals surface area contributed by atoms with Gasteiger partial charge in [0, 0.05) is 11.8 Å². The first-order valence-corrected chi connectivity index (χ1v) is 5.52. The number of aromatic nitrogens is 3. The molecule has 0 aliphatic rings. The van der Waals surface area contributed by atoms with Crippen LogP contribution in [0.2, 0.25) is 0 Å². The Bertz CT molecular complexity index is 371. The van der Waals surface area contributed by atoms with E-state index in [2.05, 4.69) is 15.4 Å². The van der Waals surface area contributed by atoms with Gasteiger partial charge in [-0.2, -0.15) is 0 Å². The molecule has 0 bridgehead atoms. The molecule has 0 fully saturated rings. The molecule has 0 unspecified atom stereocenters. The Labute approximate surface area is 83.4 Å². The van der Waals surface area contributed by atoms with E-state index in [1.54, 1.807) is 17.3 Å². The van der Waals surface area contributed by atoms with Gasteiger partial charge in [-0.05, 0) is 6.92 Å². The number of thioether (sulfide) groups is 1. The van der Waals surface area contributed by atoms with Crippen LogP contribution in [0.5, 0.6) is 0 Å². The first kappa shape index (κ1) is 8.71. The Morgan fingerprint density at radius 2 is 2.54 bits per heavy atom. The quantitative estimate of drug-likeness (QED) is 0.731. The molecule has 2 aromatic heterocycles. The van der Waals surface area contributed by atoms with Gasteiger partial charge in [0.2, 0.25) is 0 Å². The highest BCUT2D eigenvalue weighted by Gasteiger charge is 2.02. The van der Waals surface area contributed by atoms with Crippen LogP contribution in [0.15, 0.2) is 20.4 Å². The Kier molecular flexibility index (Phi) is 2.60. The van der Waals surface area contributed by atoms with Crippen molar-refractivity contribution in [2.24, 2.45) is 0 Å². The lowest BCUT2D eigenvalue weighted by Crippen LogP contribution is -1.78. The van der Waals surface area contributed by atoms with E-state index in [9.17, 15) is 0 Å². The predicted molar refractivity (Wildman–Crippen MR) is 50.7 cm³/mol. The molecule has 0 N–H and O–H groups in total. The van der Waals surface area contributed by atoms with Crippen LogP contribution in [0.3, 0.4) is 0 Å². The highest BCUT2D eigenvalue weighted by Crippen LogP contribution is 2.23. The highest BCUT2D eigenvalue weighted by molar-refractivity contribution is 8.00. The van der Waals surface area contributed by atoms with Crippen LogP contribution in [0.25, 0.3) is 0 Å². The van der Waals surface area contributed by atoms with Crippen molar-refractivity contribution in [2.75, 3.05) is 0 Å². The van der Waals surface area contributed by atoms with Crippen LogP contribution in [-0.4, -0.2) is 15.4 Å². The Balaban J connectivity index is 1.93. The number of rotatable bonds is 3. The molecule has 4 nitrogen and oxygen atoms in total. The average molecular weight is 213 g/mol. The molecule has 2 aromatic rings. The van der Waals surface area contributed by atoms with Gasteiger partial charge >= 0.3 is 0 Å². The van der Waals surface area contributed by atoms with Gasteiger partial charge in [-0.25, -0.2) is 0 Å². The monoisotopic (exact) mass is 213 g/mol. The second-order valence-electron chi connectivity index (χ2n) is 2.42. The van der Waals surface area contributed by atoms with Crippen molar-refractivity contribution in [1.29, 1.82) is 0 Å². The number of hydrogen-bond donors (Lipinski definition) is 0. The number of aryl methyl sites for hydroxylation is 1. The zero-order chi connectivity index (χ0) is 9.10. The second kappa shape index (κ2) is 3.89. The summed E-state index contributed by atoms with van der Waals surface area (Å²) >= 11 is 3.15. The summed E-state index contributed by atoms with van der Waals surface area (Å²) in [6, 6.07) is 1.92. The molecule has 2 heterocycles. The van der Waals surface area contributed by atoms with Crippen molar-refractivity contribution in [3.63, 3.8) is 0 Å². The third-order valence-electron chi connectivity index (χ3n) is 1.36. The van der Waals surface area contributed by atoms with Crippen molar-refractivity contribution in [3.8, 4) is 0 Å². The molecule has 68 valence electrons. The van der Waals surface area contributed by atoms with Crippen LogP contribution in [0.4, 0.5) is 0 Å². The molecule has 0 aliphatic heterocycles. The lowest BCUT2D eigenvalue weighted by atomic mass is 10.4. The number of nitrogens with zero attached hydrogens (tertiary/aromatic N) is 3. The van der Waals surface area contributed by atoms with Gasteiger partial charge in [-0.1, -0.05) is 28.3 Å². The summed E-state index contributed by atoms with van der Waals surface area (Å²) in [5, 5.41) is 11.5. The van der Waals surface area contributed by atoms with Crippen molar-refractivity contribution in [3.05, 3.63) is 23.0 Å². The minimum atomic E-state index is 0.784. The third kappa shape index (κ3) is 2.28. The summed E-state index contributed by atoms with van der Waals surface area (Å²) in [5.41, 5.74) is 2.66. The average Bonchev–Trinajstić information content (AvgIpc) is 2.71. The maximum atomic E-state index is 4.94. The van der Waals surface area contributed by atoms with E-state index in [4.69, 9.17) is 4.52 Å². The maximum absolute atomic E-state index is 4.94. The molecule has 0 radical (unpaired) electrons. The van der Waals surface area contributed by atoms with E-state index >= 15 is 0 Å². The summed E-state index contributed by atoms with van der Waals surface area (Å²) in [6.07, 6.45) is 0. The fraction of sp³-hybridized carbons (Fsp3) is 0.286. The minimum Gasteiger partial charge on any atom is -0.361 e. The normalized spacial score (nSPS) is 10.5. The molecule has 0 aromatic carbocycles. The van der Waals surface area contributed by atoms with Crippen LogP contribution < -0.4 is 0 Å². The van der Waals surface area contributed by atoms with E-state index in [1.807, 2.05) is 13.0 Å². The van der Waals surface area contributed by atoms with Crippen molar-refractivity contribution in [2.45, 2.75) is 17.0 Å². The van der Waals surface area contributed by atoms with Crippen LogP contribution in [0.1, 0.15) is 11.5 Å². The molecule has 0 atom stereocenters. The van der Waals surface area contributed by atoms with Gasteiger partial charge in [-0.15, -0.1) is 10.2 Å². The minimum absolute atomic E-state index is 0.784. The topological polar surface area (TPSA) is 51.8 Å². The van der Waals surface area contributed by atoms with Crippen molar-refractivity contribution < 1.29 is 4.52 Å². The number of hydrogen-bond acceptors (Lipinski definition) is 6. The Hall–Kier alpha value is -0.880. The zero-order valence-corrected chi connectivity index (χ0v) is 8.56. The standard InChI is InChI=1S/C7H7N3OS2/c1-5-2-6(10-11-5)3-12-7-9-8-4-13-7/h2,4H,3H2,1H3. The first-order valence-electron chi connectivity index (χ1n) is 3.66. The molecular weight excluding hydrogens is 206 g/mol. The smallest absolute Gasteiger partial charge is 0.174 e. The van der Waals surface area contributed by atoms with Crippen LogP contribution >= 0.6 is 23.1 Å². The largest absolute Gasteiger partial charge is 0.361 e. The molecule has 0 spiro atoms. The molecule has 0 aliphatic carbocycles. The molecule has 0 amide bonds. The van der Waals surface area contributed by atoms with Gasteiger partial charge in [-0.3, -0.25) is 0 Å². The molecular formula is C7H7N3OS2. The SMILES string of the molecule is Cc1cc(CSc2nncs2)no1. The summed E-state index contributed by atoms with van der Waals surface area (Å²) < 4.78 is 5.90. The molecule has 2 rings (SSSR count). The van der Waals surface area contributed by atoms with E-state index in [0.717, 1.165) is 21.5 Å². The molecule has 6 heteroatoms. The highest BCUT2D eigenvalue weighted by atomic mass is 32.2. The fourth-order valence-corrected chi connectivity index (χ4v) is 2.22. The second-order valence-corrected chi connectivity index (χ2v) is 4.48. The molecule has 0 saturated carbocycles. The van der Waals surface area contributed by atoms with Gasteiger partial charge in [0.25, 0.3) is 0 Å². The predicted octanol–water partition coefficient (Wildman–Crippen LogP) is 2.13. The summed E-state index contributed by atoms with van der Waals surface area (Å²) in [4.78, 5) is 0. The van der Waals surface area contributed by atoms with E-state index in [1.165, 1.54) is 11.3 Å². The Morgan fingerprint density at radius 3 is 3.15 bits per heavy atom. The maximum Gasteiger partial charge on any atom is 0.174 e. The van der Waals surface area contributed by atoms with E-state index in [-0.39, 0.29) is 0 Å². The van der Waals surface area contributed by atoms with E-state index < -0.39 is 0 Å². The Morgan fingerprint density at radius 1 is 1.62 bits per heavy atom. The van der Waals surface area contributed by atoms with Crippen molar-refractivity contribution in [1.82, 2.24) is 15.4 Å². The first-order chi connectivity index (χ1) is 6.34. The van der Waals surface area contributed by atoms with Gasteiger partial charge in [0.15, 0.2) is 4.34 Å². The van der Waals surface area contributed by atoms with Crippen molar-refractivity contribution >= 4 is 23.1 Å². The zero-order valence-electron chi connectivity index (χ0n) is 6.93. The molecule has 13 heavy (non-hydrogen) atoms. The van der Waals surface area contributed by atoms with Crippen LogP contribution in [0, 0.1) is 6.92 Å². The fourth-order valence-electron chi connectivity index (χ4n) is 0.847. The van der Waals surface area contributed by atoms with Crippen LogP contribution in [-0.2, 0) is 5.75 Å². The lowest BCUT2D eigenvalue weighted by molar-refractivity contribution is 0.393. The summed E-state index contributed by atoms with van der Waals surface area (Å²) in [7, 11) is 0. The summed E-state index contributed by atoms with van der Waals surface area (Å²) in [6.45, 7) is 1.88. The third-order valence-corrected chi connectivity index (χ3v) is 3.25. The summed E-state index contributed by atoms with van der Waals surface area (Å²) in [5.74, 6) is 1.62. The van der Waals surface area contributed by atoms with Gasteiger partial charge in [0.1, 0.15) is 11.3 Å². The van der Waals surface area contributed by atoms with Gasteiger partial charge in [0.05, 0.1) is 5.69 Å².